The quantitative estimate of drug-likeness (QED) is 0.847. The first-order valence-corrected chi connectivity index (χ1v) is 8.05. The molecule has 0 unspecified atom stereocenters. The zero-order valence-corrected chi connectivity index (χ0v) is 14.4. The summed E-state index contributed by atoms with van der Waals surface area (Å²) in [6.45, 7) is 4.43. The number of aryl methyl sites for hydroxylation is 1. The molecule has 1 N–H and O–H groups in total. The monoisotopic (exact) mass is 361 g/mol. The van der Waals surface area contributed by atoms with Crippen LogP contribution in [0.25, 0.3) is 0 Å². The van der Waals surface area contributed by atoms with Crippen LogP contribution in [0.2, 0.25) is 0 Å². The van der Waals surface area contributed by atoms with E-state index in [1.165, 1.54) is 5.56 Å². The van der Waals surface area contributed by atoms with Crippen molar-refractivity contribution in [1.82, 2.24) is 5.32 Å². The molecule has 4 heteroatoms. The van der Waals surface area contributed by atoms with Crippen molar-refractivity contribution in [2.45, 2.75) is 26.3 Å². The molecule has 22 heavy (non-hydrogen) atoms. The maximum atomic E-state index is 12.0. The van der Waals surface area contributed by atoms with Crippen molar-refractivity contribution >= 4 is 21.8 Å². The van der Waals surface area contributed by atoms with Crippen LogP contribution in [-0.4, -0.2) is 18.6 Å². The van der Waals surface area contributed by atoms with Crippen molar-refractivity contribution in [2.24, 2.45) is 0 Å². The van der Waals surface area contributed by atoms with Crippen molar-refractivity contribution < 1.29 is 9.53 Å². The molecule has 0 aliphatic carbocycles. The lowest BCUT2D eigenvalue weighted by molar-refractivity contribution is -0.121. The highest BCUT2D eigenvalue weighted by Crippen LogP contribution is 2.13. The van der Waals surface area contributed by atoms with Gasteiger partial charge in [0.2, 0.25) is 5.91 Å². The first-order chi connectivity index (χ1) is 10.5. The second-order valence-corrected chi connectivity index (χ2v) is 6.31. The van der Waals surface area contributed by atoms with E-state index in [1.807, 2.05) is 62.4 Å². The first-order valence-electron chi connectivity index (χ1n) is 7.26. The molecule has 3 nitrogen and oxygen atoms in total. The minimum Gasteiger partial charge on any atom is -0.491 e. The van der Waals surface area contributed by atoms with Gasteiger partial charge in [-0.25, -0.2) is 0 Å². The van der Waals surface area contributed by atoms with Gasteiger partial charge in [-0.1, -0.05) is 45.8 Å². The Morgan fingerprint density at radius 3 is 2.64 bits per heavy atom. The van der Waals surface area contributed by atoms with E-state index in [0.29, 0.717) is 13.0 Å². The number of halogens is 1. The summed E-state index contributed by atoms with van der Waals surface area (Å²) in [6.07, 6.45) is 0.369. The number of ether oxygens (including phenoxy) is 1. The fourth-order valence-electron chi connectivity index (χ4n) is 2.06. The summed E-state index contributed by atoms with van der Waals surface area (Å²) >= 11 is 3.41. The number of carbonyl (C=O) groups excluding carboxylic acids is 1. The summed E-state index contributed by atoms with van der Waals surface area (Å²) in [5, 5.41) is 2.95. The second-order valence-electron chi connectivity index (χ2n) is 5.40. The summed E-state index contributed by atoms with van der Waals surface area (Å²) in [5.74, 6) is 0.816. The van der Waals surface area contributed by atoms with Crippen molar-refractivity contribution in [1.29, 1.82) is 0 Å². The van der Waals surface area contributed by atoms with Crippen LogP contribution in [0.4, 0.5) is 0 Å². The van der Waals surface area contributed by atoms with Crippen LogP contribution in [0.15, 0.2) is 53.0 Å². The standard InChI is InChI=1S/C18H20BrNO2/c1-13-6-8-17(9-7-13)22-12-14(2)20-18(21)11-15-4-3-5-16(19)10-15/h3-10,14H,11-12H2,1-2H3,(H,20,21)/t14-/m1/s1. The normalized spacial score (nSPS) is 11.8. The average molecular weight is 362 g/mol. The van der Waals surface area contributed by atoms with Gasteiger partial charge in [-0.3, -0.25) is 4.79 Å². The van der Waals surface area contributed by atoms with E-state index in [2.05, 4.69) is 21.2 Å². The molecule has 0 bridgehead atoms. The summed E-state index contributed by atoms with van der Waals surface area (Å²) in [5.41, 5.74) is 2.18. The predicted octanol–water partition coefficient (Wildman–Crippen LogP) is 3.88. The van der Waals surface area contributed by atoms with E-state index >= 15 is 0 Å². The molecule has 0 aliphatic rings. The maximum absolute atomic E-state index is 12.0. The van der Waals surface area contributed by atoms with Gasteiger partial charge < -0.3 is 10.1 Å². The van der Waals surface area contributed by atoms with E-state index in [1.54, 1.807) is 0 Å². The molecule has 0 fully saturated rings. The summed E-state index contributed by atoms with van der Waals surface area (Å²) in [6, 6.07) is 15.6. The topological polar surface area (TPSA) is 38.3 Å². The molecule has 116 valence electrons. The molecular formula is C18H20BrNO2. The number of carbonyl (C=O) groups is 1. The van der Waals surface area contributed by atoms with E-state index < -0.39 is 0 Å². The molecule has 0 saturated carbocycles. The number of nitrogens with one attached hydrogen (secondary N) is 1. The SMILES string of the molecule is Cc1ccc(OC[C@@H](C)NC(=O)Cc2cccc(Br)c2)cc1. The lowest BCUT2D eigenvalue weighted by Crippen LogP contribution is -2.37. The molecule has 0 radical (unpaired) electrons. The maximum Gasteiger partial charge on any atom is 0.224 e. The first kappa shape index (κ1) is 16.6. The number of hydrogen-bond acceptors (Lipinski definition) is 2. The minimum absolute atomic E-state index is 0.00175. The van der Waals surface area contributed by atoms with E-state index in [4.69, 9.17) is 4.74 Å². The largest absolute Gasteiger partial charge is 0.491 e. The summed E-state index contributed by atoms with van der Waals surface area (Å²) in [4.78, 5) is 12.0. The van der Waals surface area contributed by atoms with Crippen LogP contribution in [0.3, 0.4) is 0 Å². The van der Waals surface area contributed by atoms with Gasteiger partial charge in [-0.15, -0.1) is 0 Å². The number of rotatable bonds is 6. The van der Waals surface area contributed by atoms with E-state index in [0.717, 1.165) is 15.8 Å². The molecule has 0 aromatic heterocycles. The zero-order valence-electron chi connectivity index (χ0n) is 12.8. The highest BCUT2D eigenvalue weighted by molar-refractivity contribution is 9.10. The van der Waals surface area contributed by atoms with Crippen molar-refractivity contribution in [3.8, 4) is 5.75 Å². The van der Waals surface area contributed by atoms with Crippen LogP contribution in [-0.2, 0) is 11.2 Å². The third-order valence-corrected chi connectivity index (χ3v) is 3.68. The van der Waals surface area contributed by atoms with Gasteiger partial charge in [0.1, 0.15) is 12.4 Å². The van der Waals surface area contributed by atoms with Crippen molar-refractivity contribution in [3.63, 3.8) is 0 Å². The van der Waals surface area contributed by atoms with Gasteiger partial charge in [0.25, 0.3) is 0 Å². The van der Waals surface area contributed by atoms with Crippen LogP contribution in [0.5, 0.6) is 5.75 Å². The van der Waals surface area contributed by atoms with Gasteiger partial charge in [0.05, 0.1) is 12.5 Å². The van der Waals surface area contributed by atoms with Gasteiger partial charge in [-0.05, 0) is 43.7 Å². The van der Waals surface area contributed by atoms with Gasteiger partial charge in [0, 0.05) is 4.47 Å². The molecule has 0 saturated heterocycles. The second kappa shape index (κ2) is 7.99. The zero-order chi connectivity index (χ0) is 15.9. The minimum atomic E-state index is -0.0408. The van der Waals surface area contributed by atoms with E-state index in [9.17, 15) is 4.79 Å². The Hall–Kier alpha value is -1.81. The number of amides is 1. The smallest absolute Gasteiger partial charge is 0.224 e. The van der Waals surface area contributed by atoms with Gasteiger partial charge >= 0.3 is 0 Å². The predicted molar refractivity (Wildman–Crippen MR) is 92.1 cm³/mol. The van der Waals surface area contributed by atoms with Gasteiger partial charge in [0.15, 0.2) is 0 Å². The van der Waals surface area contributed by atoms with Crippen LogP contribution in [0.1, 0.15) is 18.1 Å². The number of hydrogen-bond donors (Lipinski definition) is 1. The number of benzene rings is 2. The van der Waals surface area contributed by atoms with E-state index in [-0.39, 0.29) is 11.9 Å². The molecule has 2 aromatic carbocycles. The Balaban J connectivity index is 1.77. The Morgan fingerprint density at radius 2 is 1.95 bits per heavy atom. The molecule has 2 aromatic rings. The molecule has 2 rings (SSSR count). The fraction of sp³-hybridized carbons (Fsp3) is 0.278. The molecular weight excluding hydrogens is 342 g/mol. The molecule has 0 heterocycles. The highest BCUT2D eigenvalue weighted by Gasteiger charge is 2.09. The Bertz CT molecular complexity index is 625. The summed E-state index contributed by atoms with van der Waals surface area (Å²) < 4.78 is 6.65. The van der Waals surface area contributed by atoms with Crippen molar-refractivity contribution in [2.75, 3.05) is 6.61 Å². The molecule has 0 spiro atoms. The molecule has 1 atom stereocenters. The molecule has 1 amide bonds. The van der Waals surface area contributed by atoms with Crippen LogP contribution >= 0.6 is 15.9 Å². The van der Waals surface area contributed by atoms with Crippen LogP contribution in [0, 0.1) is 6.92 Å². The lowest BCUT2D eigenvalue weighted by Gasteiger charge is -2.15. The third-order valence-electron chi connectivity index (χ3n) is 3.18. The summed E-state index contributed by atoms with van der Waals surface area (Å²) in [7, 11) is 0. The molecule has 0 aliphatic heterocycles. The average Bonchev–Trinajstić information content (AvgIpc) is 2.46. The van der Waals surface area contributed by atoms with Gasteiger partial charge in [-0.2, -0.15) is 0 Å². The van der Waals surface area contributed by atoms with Crippen molar-refractivity contribution in [3.05, 3.63) is 64.1 Å². The lowest BCUT2D eigenvalue weighted by atomic mass is 10.1. The van der Waals surface area contributed by atoms with Crippen LogP contribution < -0.4 is 10.1 Å². The fourth-order valence-corrected chi connectivity index (χ4v) is 2.50. The Kier molecular flexibility index (Phi) is 6.01. The third kappa shape index (κ3) is 5.53. The highest BCUT2D eigenvalue weighted by atomic mass is 79.9. The Labute approximate surface area is 139 Å². The Morgan fingerprint density at radius 1 is 1.23 bits per heavy atom.